The molecule has 1 rings (SSSR count). The van der Waals surface area contributed by atoms with E-state index in [1.807, 2.05) is 14.0 Å². The van der Waals surface area contributed by atoms with Gasteiger partial charge in [0.05, 0.1) is 5.56 Å². The topological polar surface area (TPSA) is 41.1 Å². The van der Waals surface area contributed by atoms with Gasteiger partial charge in [-0.3, -0.25) is 4.79 Å². The Morgan fingerprint density at radius 3 is 2.32 bits per heavy atom. The Bertz CT molecular complexity index is 449. The largest absolute Gasteiger partial charge is 0.416 e. The van der Waals surface area contributed by atoms with Crippen LogP contribution in [0.3, 0.4) is 0 Å². The maximum atomic E-state index is 12.4. The SMILES string of the molecule is CNCCCC(=O)NC(C)Cc1ccc(C(F)(F)F)cc1.Cl. The van der Waals surface area contributed by atoms with Gasteiger partial charge in [-0.25, -0.2) is 0 Å². The van der Waals surface area contributed by atoms with Crippen LogP contribution in [0.1, 0.15) is 30.9 Å². The summed E-state index contributed by atoms with van der Waals surface area (Å²) in [5, 5.41) is 5.80. The van der Waals surface area contributed by atoms with Gasteiger partial charge in [-0.1, -0.05) is 12.1 Å². The Morgan fingerprint density at radius 2 is 1.82 bits per heavy atom. The van der Waals surface area contributed by atoms with Crippen molar-refractivity contribution in [3.63, 3.8) is 0 Å². The quantitative estimate of drug-likeness (QED) is 0.750. The number of carbonyl (C=O) groups is 1. The van der Waals surface area contributed by atoms with E-state index in [0.29, 0.717) is 12.8 Å². The Kier molecular flexibility index (Phi) is 9.13. The molecule has 1 aromatic carbocycles. The molecule has 0 saturated carbocycles. The standard InChI is InChI=1S/C15H21F3N2O.ClH/c1-11(20-14(21)4-3-9-19-2)10-12-5-7-13(8-6-12)15(16,17)18;/h5-8,11,19H,3-4,9-10H2,1-2H3,(H,20,21);1H. The minimum Gasteiger partial charge on any atom is -0.353 e. The number of benzene rings is 1. The van der Waals surface area contributed by atoms with E-state index in [1.54, 1.807) is 0 Å². The number of hydrogen-bond acceptors (Lipinski definition) is 2. The second-order valence-electron chi connectivity index (χ2n) is 5.07. The molecule has 7 heteroatoms. The summed E-state index contributed by atoms with van der Waals surface area (Å²) in [5.74, 6) is -0.0374. The van der Waals surface area contributed by atoms with Crippen molar-refractivity contribution in [1.82, 2.24) is 10.6 Å². The van der Waals surface area contributed by atoms with Crippen LogP contribution in [0.4, 0.5) is 13.2 Å². The molecule has 0 fully saturated rings. The highest BCUT2D eigenvalue weighted by atomic mass is 35.5. The third kappa shape index (κ3) is 7.66. The average molecular weight is 339 g/mol. The van der Waals surface area contributed by atoms with Gasteiger partial charge in [0.1, 0.15) is 0 Å². The molecule has 2 N–H and O–H groups in total. The fraction of sp³-hybridized carbons (Fsp3) is 0.533. The minimum absolute atomic E-state index is 0. The predicted octanol–water partition coefficient (Wildman–Crippen LogP) is 3.17. The molecule has 3 nitrogen and oxygen atoms in total. The normalized spacial score (nSPS) is 12.4. The van der Waals surface area contributed by atoms with E-state index in [2.05, 4.69) is 10.6 Å². The van der Waals surface area contributed by atoms with Gasteiger partial charge in [0.2, 0.25) is 5.91 Å². The smallest absolute Gasteiger partial charge is 0.353 e. The fourth-order valence-corrected chi connectivity index (χ4v) is 2.01. The van der Waals surface area contributed by atoms with Crippen molar-refractivity contribution < 1.29 is 18.0 Å². The molecular formula is C15H22ClF3N2O. The van der Waals surface area contributed by atoms with Gasteiger partial charge in [0.15, 0.2) is 0 Å². The molecular weight excluding hydrogens is 317 g/mol. The summed E-state index contributed by atoms with van der Waals surface area (Å²) >= 11 is 0. The second-order valence-corrected chi connectivity index (χ2v) is 5.07. The lowest BCUT2D eigenvalue weighted by Crippen LogP contribution is -2.34. The fourth-order valence-electron chi connectivity index (χ4n) is 2.01. The van der Waals surface area contributed by atoms with E-state index in [0.717, 1.165) is 30.7 Å². The lowest BCUT2D eigenvalue weighted by atomic mass is 10.0. The molecule has 0 spiro atoms. The summed E-state index contributed by atoms with van der Waals surface area (Å²) in [4.78, 5) is 11.6. The van der Waals surface area contributed by atoms with E-state index in [-0.39, 0.29) is 24.4 Å². The number of carbonyl (C=O) groups excluding carboxylic acids is 1. The number of hydrogen-bond donors (Lipinski definition) is 2. The first-order chi connectivity index (χ1) is 9.82. The van der Waals surface area contributed by atoms with Crippen molar-refractivity contribution in [1.29, 1.82) is 0 Å². The van der Waals surface area contributed by atoms with E-state index < -0.39 is 11.7 Å². The van der Waals surface area contributed by atoms with Crippen molar-refractivity contribution in [3.8, 4) is 0 Å². The van der Waals surface area contributed by atoms with Crippen LogP contribution in [0.25, 0.3) is 0 Å². The minimum atomic E-state index is -4.31. The Balaban J connectivity index is 0.00000441. The zero-order valence-electron chi connectivity index (χ0n) is 12.7. The molecule has 1 atom stereocenters. The number of alkyl halides is 3. The Hall–Kier alpha value is -1.27. The van der Waals surface area contributed by atoms with Crippen molar-refractivity contribution in [2.24, 2.45) is 0 Å². The molecule has 22 heavy (non-hydrogen) atoms. The number of amides is 1. The Morgan fingerprint density at radius 1 is 1.23 bits per heavy atom. The van der Waals surface area contributed by atoms with Crippen LogP contribution >= 0.6 is 12.4 Å². The average Bonchev–Trinajstić information content (AvgIpc) is 2.38. The number of nitrogens with one attached hydrogen (secondary N) is 2. The molecule has 126 valence electrons. The van der Waals surface area contributed by atoms with E-state index in [9.17, 15) is 18.0 Å². The van der Waals surface area contributed by atoms with Gasteiger partial charge in [-0.2, -0.15) is 13.2 Å². The zero-order chi connectivity index (χ0) is 15.9. The van der Waals surface area contributed by atoms with Crippen LogP contribution in [-0.4, -0.2) is 25.5 Å². The highest BCUT2D eigenvalue weighted by Crippen LogP contribution is 2.29. The summed E-state index contributed by atoms with van der Waals surface area (Å²) in [6.07, 6.45) is -2.60. The first-order valence-electron chi connectivity index (χ1n) is 6.93. The molecule has 0 saturated heterocycles. The van der Waals surface area contributed by atoms with Crippen molar-refractivity contribution in [2.45, 2.75) is 38.4 Å². The molecule has 1 aromatic rings. The van der Waals surface area contributed by atoms with Gasteiger partial charge in [-0.05, 0) is 51.1 Å². The Labute approximate surface area is 135 Å². The summed E-state index contributed by atoms with van der Waals surface area (Å²) in [7, 11) is 1.82. The molecule has 0 aliphatic carbocycles. The first-order valence-corrected chi connectivity index (χ1v) is 6.93. The monoisotopic (exact) mass is 338 g/mol. The predicted molar refractivity (Wildman–Crippen MR) is 83.2 cm³/mol. The molecule has 1 amide bonds. The summed E-state index contributed by atoms with van der Waals surface area (Å²) in [6.45, 7) is 2.62. The van der Waals surface area contributed by atoms with Crippen LogP contribution in [0, 0.1) is 0 Å². The van der Waals surface area contributed by atoms with Crippen LogP contribution in [-0.2, 0) is 17.4 Å². The lowest BCUT2D eigenvalue weighted by Gasteiger charge is -2.14. The third-order valence-electron chi connectivity index (χ3n) is 3.06. The highest BCUT2D eigenvalue weighted by molar-refractivity contribution is 5.85. The summed E-state index contributed by atoms with van der Waals surface area (Å²) in [6, 6.07) is 4.93. The van der Waals surface area contributed by atoms with Gasteiger partial charge >= 0.3 is 6.18 Å². The van der Waals surface area contributed by atoms with Crippen LogP contribution < -0.4 is 10.6 Å². The lowest BCUT2D eigenvalue weighted by molar-refractivity contribution is -0.137. The number of halogens is 4. The zero-order valence-corrected chi connectivity index (χ0v) is 13.5. The highest BCUT2D eigenvalue weighted by Gasteiger charge is 2.29. The molecule has 0 heterocycles. The van der Waals surface area contributed by atoms with E-state index in [1.165, 1.54) is 12.1 Å². The maximum absolute atomic E-state index is 12.4. The van der Waals surface area contributed by atoms with Crippen LogP contribution in [0.5, 0.6) is 0 Å². The molecule has 0 aliphatic rings. The van der Waals surface area contributed by atoms with Crippen molar-refractivity contribution in [2.75, 3.05) is 13.6 Å². The molecule has 0 bridgehead atoms. The van der Waals surface area contributed by atoms with Gasteiger partial charge in [0, 0.05) is 12.5 Å². The van der Waals surface area contributed by atoms with E-state index >= 15 is 0 Å². The van der Waals surface area contributed by atoms with Gasteiger partial charge < -0.3 is 10.6 Å². The van der Waals surface area contributed by atoms with Gasteiger partial charge in [0.25, 0.3) is 0 Å². The molecule has 0 aromatic heterocycles. The second kappa shape index (κ2) is 9.69. The number of rotatable bonds is 7. The van der Waals surface area contributed by atoms with E-state index in [4.69, 9.17) is 0 Å². The third-order valence-corrected chi connectivity index (χ3v) is 3.06. The first kappa shape index (κ1) is 20.7. The molecule has 1 unspecified atom stereocenters. The summed E-state index contributed by atoms with van der Waals surface area (Å²) < 4.78 is 37.3. The van der Waals surface area contributed by atoms with Crippen LogP contribution in [0.15, 0.2) is 24.3 Å². The maximum Gasteiger partial charge on any atom is 0.416 e. The summed E-state index contributed by atoms with van der Waals surface area (Å²) in [5.41, 5.74) is 0.112. The van der Waals surface area contributed by atoms with Crippen molar-refractivity contribution in [3.05, 3.63) is 35.4 Å². The molecule has 0 radical (unpaired) electrons. The van der Waals surface area contributed by atoms with Crippen LogP contribution in [0.2, 0.25) is 0 Å². The molecule has 0 aliphatic heterocycles. The van der Waals surface area contributed by atoms with Gasteiger partial charge in [-0.15, -0.1) is 12.4 Å². The van der Waals surface area contributed by atoms with Crippen molar-refractivity contribution >= 4 is 18.3 Å².